The lowest BCUT2D eigenvalue weighted by Gasteiger charge is -2.25. The molecule has 1 unspecified atom stereocenters. The van der Waals surface area contributed by atoms with Crippen LogP contribution in [0.3, 0.4) is 0 Å². The van der Waals surface area contributed by atoms with E-state index in [1.54, 1.807) is 50.4 Å². The molecule has 2 aromatic carbocycles. The number of nitrogens with one attached hydrogen (secondary N) is 1. The number of primary amides is 1. The van der Waals surface area contributed by atoms with Crippen molar-refractivity contribution in [3.8, 4) is 0 Å². The average molecular weight is 342 g/mol. The summed E-state index contributed by atoms with van der Waals surface area (Å²) in [5.74, 6) is -0.246. The first-order chi connectivity index (χ1) is 11.8. The lowest BCUT2D eigenvalue weighted by atomic mass is 10.1. The Morgan fingerprint density at radius 2 is 1.84 bits per heavy atom. The van der Waals surface area contributed by atoms with Crippen LogP contribution in [0.2, 0.25) is 0 Å². The first kappa shape index (κ1) is 17.9. The van der Waals surface area contributed by atoms with Gasteiger partial charge in [-0.3, -0.25) is 14.9 Å². The number of non-ortho nitro benzene ring substituents is 1. The number of hydrogen-bond acceptors (Lipinski definition) is 4. The van der Waals surface area contributed by atoms with Crippen molar-refractivity contribution in [3.05, 3.63) is 69.8 Å². The zero-order valence-corrected chi connectivity index (χ0v) is 13.8. The molecule has 8 nitrogen and oxygen atoms in total. The largest absolute Gasteiger partial charge is 0.351 e. The third-order valence-electron chi connectivity index (χ3n) is 3.86. The van der Waals surface area contributed by atoms with Crippen molar-refractivity contribution in [1.29, 1.82) is 0 Å². The van der Waals surface area contributed by atoms with E-state index in [0.717, 1.165) is 0 Å². The van der Waals surface area contributed by atoms with Gasteiger partial charge >= 0.3 is 6.03 Å². The van der Waals surface area contributed by atoms with Crippen molar-refractivity contribution in [2.24, 2.45) is 5.73 Å². The van der Waals surface area contributed by atoms with Crippen LogP contribution in [-0.4, -0.2) is 28.8 Å². The molecule has 130 valence electrons. The summed E-state index contributed by atoms with van der Waals surface area (Å²) < 4.78 is 0. The van der Waals surface area contributed by atoms with Crippen molar-refractivity contribution in [1.82, 2.24) is 4.90 Å². The van der Waals surface area contributed by atoms with E-state index in [1.807, 2.05) is 0 Å². The Bertz CT molecular complexity index is 805. The summed E-state index contributed by atoms with van der Waals surface area (Å²) in [6, 6.07) is 11.4. The number of nitro benzene ring substituents is 1. The summed E-state index contributed by atoms with van der Waals surface area (Å²) in [7, 11) is 1.63. The fourth-order valence-corrected chi connectivity index (χ4v) is 2.34. The van der Waals surface area contributed by atoms with E-state index in [9.17, 15) is 19.7 Å². The molecule has 1 atom stereocenters. The molecule has 0 aliphatic heterocycles. The summed E-state index contributed by atoms with van der Waals surface area (Å²) in [5, 5.41) is 13.3. The molecule has 0 saturated carbocycles. The number of anilines is 1. The van der Waals surface area contributed by atoms with Crippen LogP contribution in [0, 0.1) is 10.1 Å². The fraction of sp³-hybridized carbons (Fsp3) is 0.176. The molecule has 0 heterocycles. The van der Waals surface area contributed by atoms with Crippen LogP contribution >= 0.6 is 0 Å². The number of amides is 3. The molecule has 3 N–H and O–H groups in total. The number of nitrogens with zero attached hydrogens (tertiary/aromatic N) is 2. The van der Waals surface area contributed by atoms with Gasteiger partial charge in [-0.1, -0.05) is 12.1 Å². The van der Waals surface area contributed by atoms with Gasteiger partial charge in [0.1, 0.15) is 0 Å². The van der Waals surface area contributed by atoms with Crippen LogP contribution in [0.4, 0.5) is 16.2 Å². The molecule has 0 radical (unpaired) electrons. The summed E-state index contributed by atoms with van der Waals surface area (Å²) in [6.45, 7) is 1.79. The minimum absolute atomic E-state index is 0.0212. The highest BCUT2D eigenvalue weighted by atomic mass is 16.6. The maximum Gasteiger partial charge on any atom is 0.316 e. The molecular formula is C17H18N4O4. The van der Waals surface area contributed by atoms with Crippen LogP contribution in [0.15, 0.2) is 48.5 Å². The standard InChI is InChI=1S/C17H18N4O4/c1-11(13-4-3-5-15(10-13)21(24)25)20(2)16(22)12-6-8-14(9-7-12)19-17(18)23/h3-11H,1-2H3,(H3,18,19,23). The van der Waals surface area contributed by atoms with E-state index in [1.165, 1.54) is 17.0 Å². The van der Waals surface area contributed by atoms with Crippen molar-refractivity contribution in [2.75, 3.05) is 12.4 Å². The monoisotopic (exact) mass is 342 g/mol. The summed E-state index contributed by atoms with van der Waals surface area (Å²) in [5.41, 5.74) is 6.59. The number of nitro groups is 1. The second-order valence-corrected chi connectivity index (χ2v) is 5.51. The average Bonchev–Trinajstić information content (AvgIpc) is 2.60. The second-order valence-electron chi connectivity index (χ2n) is 5.51. The molecule has 0 bridgehead atoms. The Morgan fingerprint density at radius 1 is 1.20 bits per heavy atom. The maximum atomic E-state index is 12.6. The molecule has 0 spiro atoms. The highest BCUT2D eigenvalue weighted by Gasteiger charge is 2.20. The number of carbonyl (C=O) groups is 2. The van der Waals surface area contributed by atoms with Gasteiger partial charge in [0.2, 0.25) is 0 Å². The van der Waals surface area contributed by atoms with Crippen LogP contribution in [0.5, 0.6) is 0 Å². The lowest BCUT2D eigenvalue weighted by molar-refractivity contribution is -0.384. The molecule has 2 aromatic rings. The Hall–Kier alpha value is -3.42. The molecule has 2 rings (SSSR count). The minimum atomic E-state index is -0.685. The number of benzene rings is 2. The quantitative estimate of drug-likeness (QED) is 0.641. The zero-order chi connectivity index (χ0) is 18.6. The molecule has 0 aliphatic rings. The summed E-state index contributed by atoms with van der Waals surface area (Å²) in [6.07, 6.45) is 0. The van der Waals surface area contributed by atoms with E-state index >= 15 is 0 Å². The van der Waals surface area contributed by atoms with Crippen molar-refractivity contribution < 1.29 is 14.5 Å². The second kappa shape index (κ2) is 7.43. The number of rotatable bonds is 5. The molecule has 8 heteroatoms. The summed E-state index contributed by atoms with van der Waals surface area (Å²) >= 11 is 0. The van der Waals surface area contributed by atoms with E-state index in [0.29, 0.717) is 16.8 Å². The fourth-order valence-electron chi connectivity index (χ4n) is 2.34. The number of urea groups is 1. The lowest BCUT2D eigenvalue weighted by Crippen LogP contribution is -2.29. The number of nitrogens with two attached hydrogens (primary N) is 1. The van der Waals surface area contributed by atoms with Gasteiger partial charge in [-0.15, -0.1) is 0 Å². The first-order valence-electron chi connectivity index (χ1n) is 7.47. The predicted octanol–water partition coefficient (Wildman–Crippen LogP) is 2.92. The van der Waals surface area contributed by atoms with Gasteiger partial charge < -0.3 is 16.0 Å². The Kier molecular flexibility index (Phi) is 5.33. The Morgan fingerprint density at radius 3 is 2.40 bits per heavy atom. The SMILES string of the molecule is CC(c1cccc([N+](=O)[O-])c1)N(C)C(=O)c1ccc(NC(N)=O)cc1. The van der Waals surface area contributed by atoms with Gasteiger partial charge in [0.15, 0.2) is 0 Å². The van der Waals surface area contributed by atoms with E-state index < -0.39 is 11.0 Å². The normalized spacial score (nSPS) is 11.4. The molecule has 0 fully saturated rings. The van der Waals surface area contributed by atoms with Gasteiger partial charge in [-0.25, -0.2) is 4.79 Å². The zero-order valence-electron chi connectivity index (χ0n) is 13.8. The van der Waals surface area contributed by atoms with Crippen molar-refractivity contribution in [3.63, 3.8) is 0 Å². The molecule has 0 aromatic heterocycles. The van der Waals surface area contributed by atoms with Gasteiger partial charge in [-0.05, 0) is 36.8 Å². The number of hydrogen-bond donors (Lipinski definition) is 2. The van der Waals surface area contributed by atoms with E-state index in [2.05, 4.69) is 5.32 Å². The molecule has 3 amide bonds. The maximum absolute atomic E-state index is 12.6. The van der Waals surface area contributed by atoms with Gasteiger partial charge in [0.25, 0.3) is 11.6 Å². The summed E-state index contributed by atoms with van der Waals surface area (Å²) in [4.78, 5) is 35.3. The van der Waals surface area contributed by atoms with Crippen LogP contribution in [0.1, 0.15) is 28.9 Å². The highest BCUT2D eigenvalue weighted by Crippen LogP contribution is 2.24. The van der Waals surface area contributed by atoms with Crippen molar-refractivity contribution >= 4 is 23.3 Å². The van der Waals surface area contributed by atoms with Gasteiger partial charge in [-0.2, -0.15) is 0 Å². The van der Waals surface area contributed by atoms with Crippen LogP contribution in [0.25, 0.3) is 0 Å². The van der Waals surface area contributed by atoms with E-state index in [-0.39, 0.29) is 17.6 Å². The third kappa shape index (κ3) is 4.31. The smallest absolute Gasteiger partial charge is 0.316 e. The van der Waals surface area contributed by atoms with E-state index in [4.69, 9.17) is 5.73 Å². The molecule has 25 heavy (non-hydrogen) atoms. The third-order valence-corrected chi connectivity index (χ3v) is 3.86. The molecule has 0 saturated heterocycles. The van der Waals surface area contributed by atoms with Crippen molar-refractivity contribution in [2.45, 2.75) is 13.0 Å². The highest BCUT2D eigenvalue weighted by molar-refractivity contribution is 5.95. The Labute approximate surface area is 144 Å². The molecule has 0 aliphatic carbocycles. The molecular weight excluding hydrogens is 324 g/mol. The Balaban J connectivity index is 2.17. The number of carbonyl (C=O) groups excluding carboxylic acids is 2. The van der Waals surface area contributed by atoms with Crippen LogP contribution < -0.4 is 11.1 Å². The van der Waals surface area contributed by atoms with Gasteiger partial charge in [0.05, 0.1) is 11.0 Å². The minimum Gasteiger partial charge on any atom is -0.351 e. The first-order valence-corrected chi connectivity index (χ1v) is 7.47. The van der Waals surface area contributed by atoms with Gasteiger partial charge in [0, 0.05) is 30.4 Å². The van der Waals surface area contributed by atoms with Crippen LogP contribution in [-0.2, 0) is 0 Å². The topological polar surface area (TPSA) is 119 Å². The predicted molar refractivity (Wildman–Crippen MR) is 93.3 cm³/mol.